The van der Waals surface area contributed by atoms with E-state index in [9.17, 15) is 0 Å². The van der Waals surface area contributed by atoms with Crippen molar-refractivity contribution in [3.8, 4) is 0 Å². The van der Waals surface area contributed by atoms with Gasteiger partial charge >= 0.3 is 0 Å². The van der Waals surface area contributed by atoms with E-state index in [4.69, 9.17) is 5.11 Å². The molecule has 1 aliphatic rings. The average molecular weight is 330 g/mol. The molecule has 5 heteroatoms. The Bertz CT molecular complexity index is 419. The summed E-state index contributed by atoms with van der Waals surface area (Å²) in [5.74, 6) is 0. The number of likely N-dealkylation sites (tertiary alicyclic amines) is 1. The number of aromatic nitrogens is 2. The van der Waals surface area contributed by atoms with Crippen LogP contribution in [-0.2, 0) is 13.1 Å². The first kappa shape index (κ1) is 15.0. The van der Waals surface area contributed by atoms with E-state index in [0.717, 1.165) is 42.6 Å². The fourth-order valence-electron chi connectivity index (χ4n) is 2.97. The zero-order valence-corrected chi connectivity index (χ0v) is 13.5. The average Bonchev–Trinajstić information content (AvgIpc) is 2.96. The second-order valence-electron chi connectivity index (χ2n) is 5.29. The van der Waals surface area contributed by atoms with Crippen LogP contribution in [0.1, 0.15) is 44.0 Å². The van der Waals surface area contributed by atoms with E-state index in [-0.39, 0.29) is 0 Å². The second-order valence-corrected chi connectivity index (χ2v) is 6.09. The molecule has 0 amide bonds. The van der Waals surface area contributed by atoms with Crippen molar-refractivity contribution in [3.05, 3.63) is 15.9 Å². The number of rotatable bonds is 6. The minimum atomic E-state index is 0.306. The van der Waals surface area contributed by atoms with Crippen LogP contribution in [0.2, 0.25) is 0 Å². The Morgan fingerprint density at radius 1 is 1.47 bits per heavy atom. The fraction of sp³-hybridized carbons (Fsp3) is 0.786. The molecule has 0 bridgehead atoms. The molecule has 1 aliphatic heterocycles. The number of hydrogen-bond donors (Lipinski definition) is 1. The molecule has 108 valence electrons. The van der Waals surface area contributed by atoms with Gasteiger partial charge in [0.05, 0.1) is 15.9 Å². The Hall–Kier alpha value is -0.390. The molecule has 1 atom stereocenters. The summed E-state index contributed by atoms with van der Waals surface area (Å²) in [6.07, 6.45) is 4.55. The van der Waals surface area contributed by atoms with Crippen LogP contribution in [0.5, 0.6) is 0 Å². The van der Waals surface area contributed by atoms with Gasteiger partial charge in [-0.05, 0) is 62.0 Å². The summed E-state index contributed by atoms with van der Waals surface area (Å²) in [5, 5.41) is 13.6. The van der Waals surface area contributed by atoms with Crippen LogP contribution in [0.3, 0.4) is 0 Å². The van der Waals surface area contributed by atoms with Crippen molar-refractivity contribution in [1.82, 2.24) is 14.7 Å². The summed E-state index contributed by atoms with van der Waals surface area (Å²) in [6, 6.07) is 0.625. The van der Waals surface area contributed by atoms with Gasteiger partial charge in [-0.1, -0.05) is 0 Å². The van der Waals surface area contributed by atoms with Gasteiger partial charge in [0.1, 0.15) is 0 Å². The summed E-state index contributed by atoms with van der Waals surface area (Å²) in [7, 11) is 0. The van der Waals surface area contributed by atoms with Gasteiger partial charge in [-0.15, -0.1) is 0 Å². The van der Waals surface area contributed by atoms with Crippen molar-refractivity contribution >= 4 is 15.9 Å². The first-order valence-electron chi connectivity index (χ1n) is 7.24. The van der Waals surface area contributed by atoms with Crippen LogP contribution in [0.15, 0.2) is 4.47 Å². The molecule has 1 unspecified atom stereocenters. The molecule has 2 heterocycles. The van der Waals surface area contributed by atoms with Crippen LogP contribution in [0, 0.1) is 6.92 Å². The largest absolute Gasteiger partial charge is 0.396 e. The maximum Gasteiger partial charge on any atom is 0.0739 e. The quantitative estimate of drug-likeness (QED) is 0.872. The van der Waals surface area contributed by atoms with Crippen LogP contribution < -0.4 is 0 Å². The molecular weight excluding hydrogens is 306 g/mol. The smallest absolute Gasteiger partial charge is 0.0739 e. The van der Waals surface area contributed by atoms with Crippen molar-refractivity contribution in [2.75, 3.05) is 13.2 Å². The summed E-state index contributed by atoms with van der Waals surface area (Å²) in [5.41, 5.74) is 2.36. The van der Waals surface area contributed by atoms with E-state index in [0.29, 0.717) is 12.6 Å². The Balaban J connectivity index is 2.07. The monoisotopic (exact) mass is 329 g/mol. The van der Waals surface area contributed by atoms with E-state index >= 15 is 0 Å². The number of halogens is 1. The van der Waals surface area contributed by atoms with Crippen molar-refractivity contribution in [1.29, 1.82) is 0 Å². The van der Waals surface area contributed by atoms with Gasteiger partial charge in [0, 0.05) is 25.7 Å². The van der Waals surface area contributed by atoms with E-state index in [1.54, 1.807) is 0 Å². The number of aryl methyl sites for hydroxylation is 2. The summed E-state index contributed by atoms with van der Waals surface area (Å²) < 4.78 is 3.25. The Labute approximate surface area is 123 Å². The maximum atomic E-state index is 8.99. The fourth-order valence-corrected chi connectivity index (χ4v) is 3.38. The first-order chi connectivity index (χ1) is 9.17. The molecule has 19 heavy (non-hydrogen) atoms. The molecule has 1 aromatic heterocycles. The van der Waals surface area contributed by atoms with Gasteiger partial charge in [0.2, 0.25) is 0 Å². The highest BCUT2D eigenvalue weighted by atomic mass is 79.9. The summed E-state index contributed by atoms with van der Waals surface area (Å²) >= 11 is 3.67. The zero-order valence-electron chi connectivity index (χ0n) is 11.9. The molecule has 0 radical (unpaired) electrons. The minimum absolute atomic E-state index is 0.306. The molecule has 2 rings (SSSR count). The molecule has 1 fully saturated rings. The van der Waals surface area contributed by atoms with Gasteiger partial charge in [-0.3, -0.25) is 9.58 Å². The molecular formula is C14H24BrN3O. The highest BCUT2D eigenvalue weighted by molar-refractivity contribution is 9.10. The third-order valence-corrected chi connectivity index (χ3v) is 5.03. The Kier molecular flexibility index (Phi) is 5.42. The summed E-state index contributed by atoms with van der Waals surface area (Å²) in [4.78, 5) is 2.54. The topological polar surface area (TPSA) is 41.3 Å². The van der Waals surface area contributed by atoms with Crippen LogP contribution >= 0.6 is 15.9 Å². The molecule has 0 spiro atoms. The number of hydrogen-bond acceptors (Lipinski definition) is 3. The van der Waals surface area contributed by atoms with Gasteiger partial charge in [0.15, 0.2) is 0 Å². The predicted octanol–water partition coefficient (Wildman–Crippen LogP) is 2.71. The molecule has 1 aromatic rings. The van der Waals surface area contributed by atoms with E-state index in [2.05, 4.69) is 37.5 Å². The molecule has 0 aliphatic carbocycles. The molecule has 1 saturated heterocycles. The van der Waals surface area contributed by atoms with Gasteiger partial charge in [-0.2, -0.15) is 5.10 Å². The SMILES string of the molecule is CCn1nc(C)c(Br)c1CN1CCCC1CCCO. The van der Waals surface area contributed by atoms with Crippen LogP contribution in [0.25, 0.3) is 0 Å². The van der Waals surface area contributed by atoms with Crippen molar-refractivity contribution in [2.24, 2.45) is 0 Å². The van der Waals surface area contributed by atoms with Gasteiger partial charge in [0.25, 0.3) is 0 Å². The normalized spacial score (nSPS) is 20.3. The number of nitrogens with zero attached hydrogens (tertiary/aromatic N) is 3. The maximum absolute atomic E-state index is 8.99. The molecule has 4 nitrogen and oxygen atoms in total. The van der Waals surface area contributed by atoms with Crippen molar-refractivity contribution < 1.29 is 5.11 Å². The van der Waals surface area contributed by atoms with Crippen molar-refractivity contribution in [3.63, 3.8) is 0 Å². The first-order valence-corrected chi connectivity index (χ1v) is 8.03. The molecule has 1 N–H and O–H groups in total. The lowest BCUT2D eigenvalue weighted by molar-refractivity contribution is 0.205. The highest BCUT2D eigenvalue weighted by Gasteiger charge is 2.26. The zero-order chi connectivity index (χ0) is 13.8. The predicted molar refractivity (Wildman–Crippen MR) is 80.1 cm³/mol. The standard InChI is InChI=1S/C14H24BrN3O/c1-3-18-13(14(15)11(2)16-18)10-17-8-4-6-12(17)7-5-9-19/h12,19H,3-10H2,1-2H3. The number of aliphatic hydroxyl groups excluding tert-OH is 1. The van der Waals surface area contributed by atoms with Crippen molar-refractivity contribution in [2.45, 2.75) is 58.7 Å². The third kappa shape index (κ3) is 3.38. The minimum Gasteiger partial charge on any atom is -0.396 e. The second kappa shape index (κ2) is 6.86. The third-order valence-electron chi connectivity index (χ3n) is 4.00. The lowest BCUT2D eigenvalue weighted by Gasteiger charge is -2.24. The van der Waals surface area contributed by atoms with Gasteiger partial charge < -0.3 is 5.11 Å². The van der Waals surface area contributed by atoms with Crippen LogP contribution in [0.4, 0.5) is 0 Å². The molecule has 0 saturated carbocycles. The highest BCUT2D eigenvalue weighted by Crippen LogP contribution is 2.27. The number of aliphatic hydroxyl groups is 1. The lowest BCUT2D eigenvalue weighted by atomic mass is 10.1. The lowest BCUT2D eigenvalue weighted by Crippen LogP contribution is -2.30. The molecule has 0 aromatic carbocycles. The van der Waals surface area contributed by atoms with E-state index in [1.807, 2.05) is 6.92 Å². The summed E-state index contributed by atoms with van der Waals surface area (Å²) in [6.45, 7) is 7.53. The van der Waals surface area contributed by atoms with Gasteiger partial charge in [-0.25, -0.2) is 0 Å². The van der Waals surface area contributed by atoms with E-state index < -0.39 is 0 Å². The Morgan fingerprint density at radius 3 is 2.95 bits per heavy atom. The Morgan fingerprint density at radius 2 is 2.26 bits per heavy atom. The van der Waals surface area contributed by atoms with E-state index in [1.165, 1.54) is 18.5 Å². The van der Waals surface area contributed by atoms with Crippen LogP contribution in [-0.4, -0.2) is 39.0 Å².